The first-order chi connectivity index (χ1) is 12.8. The van der Waals surface area contributed by atoms with Crippen LogP contribution >= 0.6 is 0 Å². The summed E-state index contributed by atoms with van der Waals surface area (Å²) < 4.78 is 0. The van der Waals surface area contributed by atoms with Gasteiger partial charge in [-0.3, -0.25) is 4.98 Å². The van der Waals surface area contributed by atoms with Crippen molar-refractivity contribution in [3.63, 3.8) is 0 Å². The molecule has 27 heavy (non-hydrogen) atoms. The highest BCUT2D eigenvalue weighted by Gasteiger charge is 2.13. The largest absolute Gasteiger partial charge is 0.253 e. The monoisotopic (exact) mass is 361 g/mol. The molecule has 2 aromatic rings. The Kier molecular flexibility index (Phi) is 7.59. The molecule has 1 aromatic heterocycles. The van der Waals surface area contributed by atoms with E-state index in [9.17, 15) is 0 Å². The lowest BCUT2D eigenvalue weighted by Gasteiger charge is -2.16. The van der Waals surface area contributed by atoms with Crippen LogP contribution in [0.5, 0.6) is 0 Å². The SMILES string of the molecule is C=C(c1ccc(/C(=C\CCC(C)C)c2cccc(C)c2)c(C)n1)[C@H](C)CC. The molecule has 0 aliphatic heterocycles. The molecule has 0 unspecified atom stereocenters. The lowest BCUT2D eigenvalue weighted by molar-refractivity contribution is 0.594. The summed E-state index contributed by atoms with van der Waals surface area (Å²) in [6, 6.07) is 13.1. The molecule has 0 radical (unpaired) electrons. The van der Waals surface area contributed by atoms with Crippen LogP contribution in [0.25, 0.3) is 11.1 Å². The molecule has 0 N–H and O–H groups in total. The third-order valence-corrected chi connectivity index (χ3v) is 5.33. The van der Waals surface area contributed by atoms with Crippen molar-refractivity contribution in [1.29, 1.82) is 0 Å². The van der Waals surface area contributed by atoms with E-state index in [1.807, 2.05) is 0 Å². The standard InChI is InChI=1S/C26H35N/c1-8-20(5)21(6)26-16-15-24(22(7)27-26)25(14-9-11-18(2)3)23-13-10-12-19(4)17-23/h10,12-18,20H,6,8-9,11H2,1-5,7H3/b25-14-/t20-/m1/s1. The van der Waals surface area contributed by atoms with Crippen molar-refractivity contribution in [2.45, 2.75) is 60.8 Å². The average molecular weight is 362 g/mol. The normalized spacial score (nSPS) is 13.1. The van der Waals surface area contributed by atoms with Crippen molar-refractivity contribution >= 4 is 11.1 Å². The van der Waals surface area contributed by atoms with E-state index in [2.05, 4.69) is 90.6 Å². The second kappa shape index (κ2) is 9.69. The highest BCUT2D eigenvalue weighted by Crippen LogP contribution is 2.30. The van der Waals surface area contributed by atoms with E-state index in [-0.39, 0.29) is 0 Å². The van der Waals surface area contributed by atoms with Crippen LogP contribution in [-0.4, -0.2) is 4.98 Å². The molecule has 0 bridgehead atoms. The highest BCUT2D eigenvalue weighted by atomic mass is 14.7. The minimum atomic E-state index is 0.459. The number of rotatable bonds is 8. The summed E-state index contributed by atoms with van der Waals surface area (Å²) in [6.07, 6.45) is 5.76. The quantitative estimate of drug-likeness (QED) is 0.471. The number of hydrogen-bond acceptors (Lipinski definition) is 1. The van der Waals surface area contributed by atoms with Crippen molar-refractivity contribution in [1.82, 2.24) is 4.98 Å². The zero-order valence-electron chi connectivity index (χ0n) is 18.0. The Labute approximate surface area is 166 Å². The fourth-order valence-corrected chi connectivity index (χ4v) is 3.28. The molecule has 144 valence electrons. The minimum absolute atomic E-state index is 0.459. The molecule has 0 saturated carbocycles. The first-order valence-electron chi connectivity index (χ1n) is 10.3. The smallest absolute Gasteiger partial charge is 0.0662 e. The number of nitrogens with zero attached hydrogens (tertiary/aromatic N) is 1. The van der Waals surface area contributed by atoms with E-state index in [1.54, 1.807) is 0 Å². The molecular weight excluding hydrogens is 326 g/mol. The second-order valence-electron chi connectivity index (χ2n) is 8.12. The van der Waals surface area contributed by atoms with E-state index in [0.717, 1.165) is 29.8 Å². The van der Waals surface area contributed by atoms with E-state index in [0.29, 0.717) is 11.8 Å². The molecule has 2 rings (SSSR count). The lowest BCUT2D eigenvalue weighted by Crippen LogP contribution is -2.02. The van der Waals surface area contributed by atoms with Gasteiger partial charge in [-0.1, -0.05) is 76.2 Å². The van der Waals surface area contributed by atoms with Crippen LogP contribution in [0.2, 0.25) is 0 Å². The van der Waals surface area contributed by atoms with Gasteiger partial charge in [-0.25, -0.2) is 0 Å². The fourth-order valence-electron chi connectivity index (χ4n) is 3.28. The first-order valence-corrected chi connectivity index (χ1v) is 10.3. The molecule has 0 spiro atoms. The van der Waals surface area contributed by atoms with Crippen LogP contribution in [0, 0.1) is 25.7 Å². The van der Waals surface area contributed by atoms with E-state index in [4.69, 9.17) is 4.98 Å². The number of pyridine rings is 1. The summed E-state index contributed by atoms with van der Waals surface area (Å²) in [6.45, 7) is 17.5. The summed E-state index contributed by atoms with van der Waals surface area (Å²) >= 11 is 0. The van der Waals surface area contributed by atoms with Gasteiger partial charge in [0.15, 0.2) is 0 Å². The van der Waals surface area contributed by atoms with Crippen molar-refractivity contribution < 1.29 is 0 Å². The number of aryl methyl sites for hydroxylation is 2. The molecule has 1 nitrogen and oxygen atoms in total. The maximum atomic E-state index is 4.91. The summed E-state index contributed by atoms with van der Waals surface area (Å²) in [5.41, 5.74) is 8.32. The number of allylic oxidation sites excluding steroid dienone is 2. The molecule has 0 aliphatic rings. The van der Waals surface area contributed by atoms with Gasteiger partial charge in [-0.05, 0) is 67.7 Å². The van der Waals surface area contributed by atoms with Crippen LogP contribution in [0.4, 0.5) is 0 Å². The number of aromatic nitrogens is 1. The van der Waals surface area contributed by atoms with Crippen LogP contribution in [0.1, 0.15) is 75.0 Å². The van der Waals surface area contributed by atoms with Gasteiger partial charge in [0.25, 0.3) is 0 Å². The molecule has 1 aromatic carbocycles. The first kappa shape index (κ1) is 21.2. The van der Waals surface area contributed by atoms with Crippen molar-refractivity contribution in [2.75, 3.05) is 0 Å². The van der Waals surface area contributed by atoms with Crippen LogP contribution < -0.4 is 0 Å². The fraction of sp³-hybridized carbons (Fsp3) is 0.423. The molecule has 1 heterocycles. The third kappa shape index (κ3) is 5.66. The van der Waals surface area contributed by atoms with Gasteiger partial charge in [0.1, 0.15) is 0 Å². The Bertz CT molecular complexity index is 811. The zero-order valence-corrected chi connectivity index (χ0v) is 18.0. The molecule has 0 aliphatic carbocycles. The predicted octanol–water partition coefficient (Wildman–Crippen LogP) is 7.63. The Morgan fingerprint density at radius 2 is 1.85 bits per heavy atom. The van der Waals surface area contributed by atoms with E-state index < -0.39 is 0 Å². The Morgan fingerprint density at radius 3 is 2.44 bits per heavy atom. The molecular formula is C26H35N. The van der Waals surface area contributed by atoms with Crippen LogP contribution in [0.15, 0.2) is 49.1 Å². The Balaban J connectivity index is 2.45. The molecule has 0 fully saturated rings. The summed E-state index contributed by atoms with van der Waals surface area (Å²) in [5, 5.41) is 0. The van der Waals surface area contributed by atoms with Gasteiger partial charge in [0, 0.05) is 11.3 Å². The van der Waals surface area contributed by atoms with Gasteiger partial charge in [-0.15, -0.1) is 0 Å². The van der Waals surface area contributed by atoms with Gasteiger partial charge in [0.05, 0.1) is 5.69 Å². The maximum Gasteiger partial charge on any atom is 0.0662 e. The van der Waals surface area contributed by atoms with Crippen molar-refractivity contribution in [3.8, 4) is 0 Å². The number of benzene rings is 1. The third-order valence-electron chi connectivity index (χ3n) is 5.33. The molecule has 1 atom stereocenters. The Morgan fingerprint density at radius 1 is 1.11 bits per heavy atom. The topological polar surface area (TPSA) is 12.9 Å². The van der Waals surface area contributed by atoms with E-state index >= 15 is 0 Å². The number of hydrogen-bond donors (Lipinski definition) is 0. The van der Waals surface area contributed by atoms with E-state index in [1.165, 1.54) is 28.7 Å². The Hall–Kier alpha value is -2.15. The van der Waals surface area contributed by atoms with Crippen LogP contribution in [0.3, 0.4) is 0 Å². The predicted molar refractivity (Wildman–Crippen MR) is 120 cm³/mol. The average Bonchev–Trinajstić information content (AvgIpc) is 2.64. The summed E-state index contributed by atoms with van der Waals surface area (Å²) in [7, 11) is 0. The van der Waals surface area contributed by atoms with Gasteiger partial charge in [-0.2, -0.15) is 0 Å². The lowest BCUT2D eigenvalue weighted by atomic mass is 9.92. The van der Waals surface area contributed by atoms with Crippen molar-refractivity contribution in [3.05, 3.63) is 77.1 Å². The highest BCUT2D eigenvalue weighted by molar-refractivity contribution is 5.81. The van der Waals surface area contributed by atoms with Gasteiger partial charge < -0.3 is 0 Å². The second-order valence-corrected chi connectivity index (χ2v) is 8.12. The van der Waals surface area contributed by atoms with Gasteiger partial charge >= 0.3 is 0 Å². The molecule has 0 saturated heterocycles. The van der Waals surface area contributed by atoms with Crippen molar-refractivity contribution in [2.24, 2.45) is 11.8 Å². The minimum Gasteiger partial charge on any atom is -0.253 e. The molecule has 0 amide bonds. The maximum absolute atomic E-state index is 4.91. The summed E-state index contributed by atoms with van der Waals surface area (Å²) in [5.74, 6) is 1.17. The zero-order chi connectivity index (χ0) is 20.0. The van der Waals surface area contributed by atoms with Gasteiger partial charge in [0.2, 0.25) is 0 Å². The van der Waals surface area contributed by atoms with Crippen LogP contribution in [-0.2, 0) is 0 Å². The summed E-state index contributed by atoms with van der Waals surface area (Å²) in [4.78, 5) is 4.91. The molecule has 1 heteroatoms.